The third kappa shape index (κ3) is 1.37. The Hall–Kier alpha value is -0.590. The van der Waals surface area contributed by atoms with Gasteiger partial charge in [0.15, 0.2) is 0 Å². The summed E-state index contributed by atoms with van der Waals surface area (Å²) in [5.41, 5.74) is 0. The van der Waals surface area contributed by atoms with Crippen LogP contribution in [0.5, 0.6) is 0 Å². The first-order valence-corrected chi connectivity index (χ1v) is 4.55. The van der Waals surface area contributed by atoms with E-state index in [0.29, 0.717) is 11.7 Å². The molecular formula is C10H14O. The van der Waals surface area contributed by atoms with E-state index >= 15 is 0 Å². The van der Waals surface area contributed by atoms with Gasteiger partial charge in [-0.3, -0.25) is 4.79 Å². The summed E-state index contributed by atoms with van der Waals surface area (Å²) in [4.78, 5) is 11.3. The molecule has 0 radical (unpaired) electrons. The number of allylic oxidation sites excluding steroid dienone is 2. The minimum absolute atomic E-state index is 0.406. The number of fused-ring (bicyclic) bond motifs is 2. The van der Waals surface area contributed by atoms with Crippen LogP contribution in [-0.2, 0) is 4.79 Å². The monoisotopic (exact) mass is 150 g/mol. The van der Waals surface area contributed by atoms with E-state index in [1.165, 1.54) is 0 Å². The molecule has 2 rings (SSSR count). The van der Waals surface area contributed by atoms with Crippen molar-refractivity contribution < 1.29 is 4.79 Å². The second-order valence-electron chi connectivity index (χ2n) is 3.70. The zero-order chi connectivity index (χ0) is 7.68. The van der Waals surface area contributed by atoms with Gasteiger partial charge in [0, 0.05) is 12.3 Å². The van der Waals surface area contributed by atoms with Crippen LogP contribution < -0.4 is 0 Å². The van der Waals surface area contributed by atoms with Crippen molar-refractivity contribution in [3.63, 3.8) is 0 Å². The topological polar surface area (TPSA) is 17.1 Å². The van der Waals surface area contributed by atoms with E-state index < -0.39 is 0 Å². The van der Waals surface area contributed by atoms with Gasteiger partial charge in [-0.2, -0.15) is 0 Å². The zero-order valence-corrected chi connectivity index (χ0v) is 6.75. The molecule has 0 aromatic carbocycles. The lowest BCUT2D eigenvalue weighted by molar-refractivity contribution is -0.125. The third-order valence-corrected chi connectivity index (χ3v) is 2.89. The molecular weight excluding hydrogens is 136 g/mol. The number of ketones is 1. The van der Waals surface area contributed by atoms with E-state index in [2.05, 4.69) is 12.2 Å². The Morgan fingerprint density at radius 2 is 2.27 bits per heavy atom. The van der Waals surface area contributed by atoms with Gasteiger partial charge in [-0.25, -0.2) is 0 Å². The summed E-state index contributed by atoms with van der Waals surface area (Å²) in [6.07, 6.45) is 9.86. The molecule has 11 heavy (non-hydrogen) atoms. The van der Waals surface area contributed by atoms with Crippen LogP contribution in [0.3, 0.4) is 0 Å². The average Bonchev–Trinajstić information content (AvgIpc) is 2.21. The summed E-state index contributed by atoms with van der Waals surface area (Å²) >= 11 is 0. The highest BCUT2D eigenvalue weighted by molar-refractivity contribution is 5.81. The predicted molar refractivity (Wildman–Crippen MR) is 44.2 cm³/mol. The van der Waals surface area contributed by atoms with E-state index in [1.54, 1.807) is 0 Å². The minimum atomic E-state index is 0.406. The summed E-state index contributed by atoms with van der Waals surface area (Å²) in [6.45, 7) is 0. The van der Waals surface area contributed by atoms with Crippen molar-refractivity contribution in [2.24, 2.45) is 11.8 Å². The molecule has 1 heteroatoms. The molecule has 2 aliphatic carbocycles. The maximum absolute atomic E-state index is 11.3. The maximum atomic E-state index is 11.3. The summed E-state index contributed by atoms with van der Waals surface area (Å²) < 4.78 is 0. The highest BCUT2D eigenvalue weighted by Gasteiger charge is 2.27. The van der Waals surface area contributed by atoms with Crippen LogP contribution in [0, 0.1) is 11.8 Å². The van der Waals surface area contributed by atoms with Gasteiger partial charge in [-0.05, 0) is 31.6 Å². The molecule has 0 spiro atoms. The van der Waals surface area contributed by atoms with Crippen molar-refractivity contribution >= 4 is 5.78 Å². The molecule has 2 aliphatic rings. The van der Waals surface area contributed by atoms with Crippen molar-refractivity contribution in [3.8, 4) is 0 Å². The number of hydrogen-bond donors (Lipinski definition) is 0. The van der Waals surface area contributed by atoms with Gasteiger partial charge in [-0.15, -0.1) is 0 Å². The molecule has 0 N–H and O–H groups in total. The fourth-order valence-corrected chi connectivity index (χ4v) is 2.19. The fraction of sp³-hybridized carbons (Fsp3) is 0.700. The van der Waals surface area contributed by atoms with Crippen LogP contribution in [0.25, 0.3) is 0 Å². The predicted octanol–water partition coefficient (Wildman–Crippen LogP) is 2.32. The number of carbonyl (C=O) groups excluding carboxylic acids is 1. The molecule has 1 fully saturated rings. The number of rotatable bonds is 0. The van der Waals surface area contributed by atoms with E-state index in [-0.39, 0.29) is 0 Å². The quantitative estimate of drug-likeness (QED) is 0.484. The van der Waals surface area contributed by atoms with Gasteiger partial charge in [0.25, 0.3) is 0 Å². The standard InChI is InChI=1S/C10H14O/c11-10-6-5-8-3-1-2-4-9(10)7-8/h1,3,8-9H,2,4-7H2. The highest BCUT2D eigenvalue weighted by Crippen LogP contribution is 2.32. The average molecular weight is 150 g/mol. The van der Waals surface area contributed by atoms with Crippen LogP contribution in [0.2, 0.25) is 0 Å². The van der Waals surface area contributed by atoms with Crippen LogP contribution >= 0.6 is 0 Å². The molecule has 1 saturated carbocycles. The van der Waals surface area contributed by atoms with Gasteiger partial charge in [0.05, 0.1) is 0 Å². The lowest BCUT2D eigenvalue weighted by Crippen LogP contribution is -2.22. The number of hydrogen-bond acceptors (Lipinski definition) is 1. The molecule has 0 amide bonds. The van der Waals surface area contributed by atoms with Crippen molar-refractivity contribution in [1.29, 1.82) is 0 Å². The Morgan fingerprint density at radius 3 is 3.18 bits per heavy atom. The lowest BCUT2D eigenvalue weighted by atomic mass is 9.80. The van der Waals surface area contributed by atoms with E-state index in [1.807, 2.05) is 0 Å². The molecule has 2 unspecified atom stereocenters. The SMILES string of the molecule is O=C1CCC2C=CCCC1C2. The van der Waals surface area contributed by atoms with Gasteiger partial charge < -0.3 is 0 Å². The van der Waals surface area contributed by atoms with E-state index in [4.69, 9.17) is 0 Å². The Bertz CT molecular complexity index is 193. The van der Waals surface area contributed by atoms with Gasteiger partial charge >= 0.3 is 0 Å². The first-order valence-electron chi connectivity index (χ1n) is 4.55. The van der Waals surface area contributed by atoms with Crippen molar-refractivity contribution in [2.45, 2.75) is 32.1 Å². The Kier molecular flexibility index (Phi) is 1.80. The van der Waals surface area contributed by atoms with Gasteiger partial charge in [0.1, 0.15) is 5.78 Å². The van der Waals surface area contributed by atoms with Crippen LogP contribution in [-0.4, -0.2) is 5.78 Å². The molecule has 0 aliphatic heterocycles. The third-order valence-electron chi connectivity index (χ3n) is 2.89. The molecule has 0 saturated heterocycles. The number of carbonyl (C=O) groups is 1. The fourth-order valence-electron chi connectivity index (χ4n) is 2.19. The van der Waals surface area contributed by atoms with Gasteiger partial charge in [-0.1, -0.05) is 12.2 Å². The van der Waals surface area contributed by atoms with Crippen LogP contribution in [0.1, 0.15) is 32.1 Å². The molecule has 2 atom stereocenters. The van der Waals surface area contributed by atoms with Crippen molar-refractivity contribution in [3.05, 3.63) is 12.2 Å². The summed E-state index contributed by atoms with van der Waals surface area (Å²) in [7, 11) is 0. The Balaban J connectivity index is 2.13. The van der Waals surface area contributed by atoms with Crippen molar-refractivity contribution in [2.75, 3.05) is 0 Å². The molecule has 0 heterocycles. The minimum Gasteiger partial charge on any atom is -0.299 e. The maximum Gasteiger partial charge on any atom is 0.136 e. The summed E-state index contributed by atoms with van der Waals surface area (Å²) in [5.74, 6) is 1.65. The summed E-state index contributed by atoms with van der Waals surface area (Å²) in [6, 6.07) is 0. The molecule has 0 aromatic heterocycles. The smallest absolute Gasteiger partial charge is 0.136 e. The molecule has 2 bridgehead atoms. The second-order valence-corrected chi connectivity index (χ2v) is 3.70. The number of Topliss-reactive ketones (excluding diaryl/α,β-unsaturated/α-hetero) is 1. The molecule has 0 aromatic rings. The largest absolute Gasteiger partial charge is 0.299 e. The summed E-state index contributed by atoms with van der Waals surface area (Å²) in [5, 5.41) is 0. The van der Waals surface area contributed by atoms with Crippen molar-refractivity contribution in [1.82, 2.24) is 0 Å². The Morgan fingerprint density at radius 1 is 1.36 bits per heavy atom. The van der Waals surface area contributed by atoms with E-state index in [9.17, 15) is 4.79 Å². The van der Waals surface area contributed by atoms with Crippen LogP contribution in [0.4, 0.5) is 0 Å². The first kappa shape index (κ1) is 7.08. The van der Waals surface area contributed by atoms with Crippen LogP contribution in [0.15, 0.2) is 12.2 Å². The Labute approximate surface area is 67.5 Å². The van der Waals surface area contributed by atoms with Gasteiger partial charge in [0.2, 0.25) is 0 Å². The molecule has 1 nitrogen and oxygen atoms in total. The van der Waals surface area contributed by atoms with E-state index in [0.717, 1.165) is 38.0 Å². The first-order chi connectivity index (χ1) is 5.36. The zero-order valence-electron chi connectivity index (χ0n) is 6.75. The lowest BCUT2D eigenvalue weighted by Gasteiger charge is -2.23. The molecule has 60 valence electrons. The highest BCUT2D eigenvalue weighted by atomic mass is 16.1. The normalized spacial score (nSPS) is 36.9. The second kappa shape index (κ2) is 2.80.